The zero-order valence-corrected chi connectivity index (χ0v) is 12.2. The van der Waals surface area contributed by atoms with Crippen molar-refractivity contribution in [2.75, 3.05) is 0 Å². The smallest absolute Gasteiger partial charge is 0.258 e. The minimum Gasteiger partial charge on any atom is -0.258 e. The van der Waals surface area contributed by atoms with Crippen LogP contribution < -0.4 is 0 Å². The number of benzene rings is 1. The molecule has 0 spiro atoms. The van der Waals surface area contributed by atoms with Gasteiger partial charge in [-0.25, -0.2) is 0 Å². The van der Waals surface area contributed by atoms with Gasteiger partial charge in [0.2, 0.25) is 0 Å². The molecule has 0 N–H and O–H groups in total. The second kappa shape index (κ2) is 5.75. The topological polar surface area (TPSA) is 84.8 Å². The zero-order chi connectivity index (χ0) is 15.6. The van der Waals surface area contributed by atoms with Crippen LogP contribution in [0.4, 0.5) is 5.69 Å². The van der Waals surface area contributed by atoms with Crippen LogP contribution in [0.2, 0.25) is 0 Å². The Balaban J connectivity index is 2.42. The number of nitro groups is 1. The molecule has 0 radical (unpaired) electrons. The summed E-state index contributed by atoms with van der Waals surface area (Å²) >= 11 is 0. The molecule has 0 unspecified atom stereocenters. The highest BCUT2D eigenvalue weighted by atomic mass is 16.6. The van der Waals surface area contributed by atoms with Gasteiger partial charge in [-0.15, -0.1) is 0 Å². The molecule has 108 valence electrons. The molecular formula is C15H16N4O2. The Hall–Kier alpha value is -2.68. The van der Waals surface area contributed by atoms with Crippen molar-refractivity contribution in [2.45, 2.75) is 33.2 Å². The fourth-order valence-corrected chi connectivity index (χ4v) is 2.37. The Morgan fingerprint density at radius 2 is 2.00 bits per heavy atom. The zero-order valence-electron chi connectivity index (χ0n) is 12.2. The SMILES string of the molecule is Cc1nn(Cc2ccc(C#N)cc2)c(C(C)C)c1[N+](=O)[O-]. The lowest BCUT2D eigenvalue weighted by Gasteiger charge is -2.09. The van der Waals surface area contributed by atoms with E-state index in [9.17, 15) is 10.1 Å². The van der Waals surface area contributed by atoms with Gasteiger partial charge in [-0.2, -0.15) is 10.4 Å². The summed E-state index contributed by atoms with van der Waals surface area (Å²) in [6.07, 6.45) is 0. The van der Waals surface area contributed by atoms with Gasteiger partial charge in [0.05, 0.1) is 23.1 Å². The fraction of sp³-hybridized carbons (Fsp3) is 0.333. The molecule has 0 amide bonds. The first-order valence-corrected chi connectivity index (χ1v) is 6.64. The van der Waals surface area contributed by atoms with Crippen molar-refractivity contribution in [2.24, 2.45) is 0 Å². The summed E-state index contributed by atoms with van der Waals surface area (Å²) in [6.45, 7) is 5.94. The van der Waals surface area contributed by atoms with E-state index >= 15 is 0 Å². The summed E-state index contributed by atoms with van der Waals surface area (Å²) in [7, 11) is 0. The lowest BCUT2D eigenvalue weighted by molar-refractivity contribution is -0.386. The van der Waals surface area contributed by atoms with E-state index < -0.39 is 0 Å². The first-order chi connectivity index (χ1) is 9.93. The molecule has 0 aliphatic heterocycles. The third kappa shape index (κ3) is 2.92. The molecule has 2 rings (SSSR count). The lowest BCUT2D eigenvalue weighted by Crippen LogP contribution is -2.08. The van der Waals surface area contributed by atoms with Crippen molar-refractivity contribution in [3.63, 3.8) is 0 Å². The number of aryl methyl sites for hydroxylation is 1. The molecule has 0 aliphatic rings. The van der Waals surface area contributed by atoms with Crippen molar-refractivity contribution in [1.82, 2.24) is 9.78 Å². The molecule has 1 aromatic carbocycles. The number of nitrogens with zero attached hydrogens (tertiary/aromatic N) is 4. The fourth-order valence-electron chi connectivity index (χ4n) is 2.37. The summed E-state index contributed by atoms with van der Waals surface area (Å²) in [5, 5.41) is 24.3. The van der Waals surface area contributed by atoms with Gasteiger partial charge in [-0.3, -0.25) is 14.8 Å². The van der Waals surface area contributed by atoms with Crippen LogP contribution in [-0.2, 0) is 6.54 Å². The van der Waals surface area contributed by atoms with E-state index in [0.29, 0.717) is 23.5 Å². The van der Waals surface area contributed by atoms with Gasteiger partial charge in [-0.1, -0.05) is 26.0 Å². The quantitative estimate of drug-likeness (QED) is 0.637. The minimum atomic E-state index is -0.368. The van der Waals surface area contributed by atoms with Crippen LogP contribution in [-0.4, -0.2) is 14.7 Å². The van der Waals surface area contributed by atoms with Crippen molar-refractivity contribution in [3.05, 3.63) is 56.9 Å². The maximum atomic E-state index is 11.2. The van der Waals surface area contributed by atoms with Gasteiger partial charge in [0, 0.05) is 5.92 Å². The molecule has 6 nitrogen and oxygen atoms in total. The van der Waals surface area contributed by atoms with Crippen LogP contribution in [0.3, 0.4) is 0 Å². The van der Waals surface area contributed by atoms with Gasteiger partial charge in [0.1, 0.15) is 11.4 Å². The first-order valence-electron chi connectivity index (χ1n) is 6.64. The van der Waals surface area contributed by atoms with Crippen molar-refractivity contribution >= 4 is 5.69 Å². The molecule has 1 aromatic heterocycles. The highest BCUT2D eigenvalue weighted by Gasteiger charge is 2.27. The van der Waals surface area contributed by atoms with E-state index in [-0.39, 0.29) is 16.5 Å². The molecule has 21 heavy (non-hydrogen) atoms. The van der Waals surface area contributed by atoms with Crippen LogP contribution in [0, 0.1) is 28.4 Å². The van der Waals surface area contributed by atoms with Gasteiger partial charge in [0.25, 0.3) is 0 Å². The normalized spacial score (nSPS) is 10.6. The summed E-state index contributed by atoms with van der Waals surface area (Å²) < 4.78 is 1.68. The second-order valence-electron chi connectivity index (χ2n) is 5.20. The maximum Gasteiger partial charge on any atom is 0.313 e. The summed E-state index contributed by atoms with van der Waals surface area (Å²) in [6, 6.07) is 9.20. The van der Waals surface area contributed by atoms with E-state index in [1.54, 1.807) is 23.7 Å². The molecule has 1 heterocycles. The third-order valence-corrected chi connectivity index (χ3v) is 3.28. The number of rotatable bonds is 4. The largest absolute Gasteiger partial charge is 0.313 e. The van der Waals surface area contributed by atoms with Gasteiger partial charge < -0.3 is 0 Å². The van der Waals surface area contributed by atoms with E-state index in [1.807, 2.05) is 26.0 Å². The predicted octanol–water partition coefficient (Wildman–Crippen LogP) is 3.14. The minimum absolute atomic E-state index is 0.00461. The van der Waals surface area contributed by atoms with E-state index in [2.05, 4.69) is 11.2 Å². The number of nitriles is 1. The average Bonchev–Trinajstić information content (AvgIpc) is 2.76. The van der Waals surface area contributed by atoms with Gasteiger partial charge in [0.15, 0.2) is 0 Å². The van der Waals surface area contributed by atoms with Crippen molar-refractivity contribution in [1.29, 1.82) is 5.26 Å². The van der Waals surface area contributed by atoms with Crippen molar-refractivity contribution in [3.8, 4) is 6.07 Å². The Morgan fingerprint density at radius 1 is 1.38 bits per heavy atom. The lowest BCUT2D eigenvalue weighted by atomic mass is 10.1. The Bertz CT molecular complexity index is 709. The highest BCUT2D eigenvalue weighted by Crippen LogP contribution is 2.29. The van der Waals surface area contributed by atoms with Crippen LogP contribution >= 0.6 is 0 Å². The summed E-state index contributed by atoms with van der Waals surface area (Å²) in [5.41, 5.74) is 2.69. The van der Waals surface area contributed by atoms with Gasteiger partial charge >= 0.3 is 5.69 Å². The second-order valence-corrected chi connectivity index (χ2v) is 5.20. The maximum absolute atomic E-state index is 11.2. The number of aromatic nitrogens is 2. The standard InChI is InChI=1S/C15H16N4O2/c1-10(2)14-15(19(20)21)11(3)17-18(14)9-13-6-4-12(8-16)5-7-13/h4-7,10H,9H2,1-3H3. The van der Waals surface area contributed by atoms with E-state index in [0.717, 1.165) is 5.56 Å². The summed E-state index contributed by atoms with van der Waals surface area (Å²) in [5.74, 6) is 0.00461. The Morgan fingerprint density at radius 3 is 2.48 bits per heavy atom. The molecule has 6 heteroatoms. The molecular weight excluding hydrogens is 268 g/mol. The Kier molecular flexibility index (Phi) is 4.03. The van der Waals surface area contributed by atoms with E-state index in [1.165, 1.54) is 0 Å². The predicted molar refractivity (Wildman–Crippen MR) is 78.0 cm³/mol. The first kappa shape index (κ1) is 14.7. The Labute approximate surface area is 122 Å². The number of hydrogen-bond acceptors (Lipinski definition) is 4. The van der Waals surface area contributed by atoms with Gasteiger partial charge in [-0.05, 0) is 24.6 Å². The molecule has 0 atom stereocenters. The highest BCUT2D eigenvalue weighted by molar-refractivity contribution is 5.43. The molecule has 0 fully saturated rings. The summed E-state index contributed by atoms with van der Waals surface area (Å²) in [4.78, 5) is 10.8. The molecule has 0 saturated heterocycles. The van der Waals surface area contributed by atoms with Crippen LogP contribution in [0.25, 0.3) is 0 Å². The van der Waals surface area contributed by atoms with E-state index in [4.69, 9.17) is 5.26 Å². The third-order valence-electron chi connectivity index (χ3n) is 3.28. The molecule has 2 aromatic rings. The number of hydrogen-bond donors (Lipinski definition) is 0. The molecule has 0 aliphatic carbocycles. The van der Waals surface area contributed by atoms with Crippen LogP contribution in [0.15, 0.2) is 24.3 Å². The van der Waals surface area contributed by atoms with Crippen LogP contribution in [0.5, 0.6) is 0 Å². The molecule has 0 bridgehead atoms. The van der Waals surface area contributed by atoms with Crippen molar-refractivity contribution < 1.29 is 4.92 Å². The monoisotopic (exact) mass is 284 g/mol. The average molecular weight is 284 g/mol. The van der Waals surface area contributed by atoms with Crippen LogP contribution in [0.1, 0.15) is 42.3 Å². The molecule has 0 saturated carbocycles.